The maximum atomic E-state index is 7.37. The molecule has 0 aliphatic rings. The zero-order valence-electron chi connectivity index (χ0n) is 44.6. The fourth-order valence-corrected chi connectivity index (χ4v) is 11.8. The summed E-state index contributed by atoms with van der Waals surface area (Å²) in [6.07, 6.45) is 0. The summed E-state index contributed by atoms with van der Waals surface area (Å²) >= 11 is 0. The Hall–Kier alpha value is -8.28. The quantitative estimate of drug-likeness (QED) is 0.152. The lowest BCUT2D eigenvalue weighted by Gasteiger charge is -2.27. The first-order valence-corrected chi connectivity index (χ1v) is 26.6. The lowest BCUT2D eigenvalue weighted by atomic mass is 9.86. The summed E-state index contributed by atoms with van der Waals surface area (Å²) < 4.78 is 21.6. The van der Waals surface area contributed by atoms with E-state index in [1.807, 2.05) is 0 Å². The van der Waals surface area contributed by atoms with Crippen LogP contribution in [0.15, 0.2) is 195 Å². The predicted molar refractivity (Wildman–Crippen MR) is 318 cm³/mol. The molecule has 0 bridgehead atoms. The fourth-order valence-electron chi connectivity index (χ4n) is 11.8. The van der Waals surface area contributed by atoms with Crippen LogP contribution in [-0.4, -0.2) is 0 Å². The van der Waals surface area contributed by atoms with Crippen molar-refractivity contribution in [1.29, 1.82) is 0 Å². The minimum Gasteiger partial charge on any atom is -0.456 e. The third kappa shape index (κ3) is 7.41. The molecule has 0 amide bonds. The van der Waals surface area contributed by atoms with Crippen molar-refractivity contribution in [2.45, 2.75) is 91.9 Å². The number of rotatable bonds is 8. The SMILES string of the molecule is CC(C)c1ccc(N(c2cc3oc4cc(N(c5ccc(C(C)C)cc5)c5cccc6c5oc5c(C(C)(C)C)cccc56)c5ccccc5c4c3c3ccccc23)c2cccc3c2oc2c(C(C)(C)C)cccc23)cc1. The highest BCUT2D eigenvalue weighted by molar-refractivity contribution is 6.30. The molecule has 3 heterocycles. The van der Waals surface area contributed by atoms with Crippen LogP contribution in [0, 0.1) is 0 Å². The van der Waals surface area contributed by atoms with E-state index in [1.54, 1.807) is 0 Å². The molecular weight excluding hydrogens is 917 g/mol. The molecule has 0 aliphatic heterocycles. The summed E-state index contributed by atoms with van der Waals surface area (Å²) in [7, 11) is 0. The van der Waals surface area contributed by atoms with E-state index in [9.17, 15) is 0 Å². The van der Waals surface area contributed by atoms with Gasteiger partial charge in [-0.1, -0.05) is 203 Å². The molecule has 13 aromatic rings. The highest BCUT2D eigenvalue weighted by Gasteiger charge is 2.29. The van der Waals surface area contributed by atoms with E-state index in [0.29, 0.717) is 11.8 Å². The third-order valence-electron chi connectivity index (χ3n) is 15.7. The highest BCUT2D eigenvalue weighted by atomic mass is 16.3. The van der Waals surface area contributed by atoms with Crippen LogP contribution in [0.2, 0.25) is 0 Å². The molecule has 3 aromatic heterocycles. The van der Waals surface area contributed by atoms with Gasteiger partial charge >= 0.3 is 0 Å². The average molecular weight is 979 g/mol. The van der Waals surface area contributed by atoms with Crippen LogP contribution in [0.1, 0.15) is 103 Å². The third-order valence-corrected chi connectivity index (χ3v) is 15.7. The Morgan fingerprint density at radius 3 is 1.01 bits per heavy atom. The van der Waals surface area contributed by atoms with Crippen molar-refractivity contribution >= 4 is 121 Å². The molecule has 10 aromatic carbocycles. The number of benzene rings is 10. The number of nitrogens with zero attached hydrogens (tertiary/aromatic N) is 2. The smallest absolute Gasteiger partial charge is 0.159 e. The highest BCUT2D eigenvalue weighted by Crippen LogP contribution is 2.52. The Balaban J connectivity index is 1.09. The van der Waals surface area contributed by atoms with Crippen molar-refractivity contribution in [2.75, 3.05) is 9.80 Å². The number of anilines is 6. The van der Waals surface area contributed by atoms with Gasteiger partial charge in [-0.3, -0.25) is 0 Å². The van der Waals surface area contributed by atoms with Crippen LogP contribution >= 0.6 is 0 Å². The Morgan fingerprint density at radius 2 is 0.653 bits per heavy atom. The molecule has 0 spiro atoms. The first-order chi connectivity index (χ1) is 36.1. The number of hydrogen-bond acceptors (Lipinski definition) is 5. The first kappa shape index (κ1) is 46.5. The van der Waals surface area contributed by atoms with E-state index >= 15 is 0 Å². The molecule has 0 radical (unpaired) electrons. The van der Waals surface area contributed by atoms with Crippen molar-refractivity contribution in [3.05, 3.63) is 204 Å². The largest absolute Gasteiger partial charge is 0.456 e. The average Bonchev–Trinajstić information content (AvgIpc) is 4.13. The van der Waals surface area contributed by atoms with Crippen molar-refractivity contribution in [1.82, 2.24) is 0 Å². The molecular formula is C70H62N2O3. The van der Waals surface area contributed by atoms with Gasteiger partial charge in [0.1, 0.15) is 22.3 Å². The number of fused-ring (bicyclic) bond motifs is 13. The Kier molecular flexibility index (Phi) is 10.6. The minimum atomic E-state index is -0.112. The molecule has 0 unspecified atom stereocenters. The second-order valence-electron chi connectivity index (χ2n) is 23.3. The maximum absolute atomic E-state index is 7.37. The van der Waals surface area contributed by atoms with Crippen molar-refractivity contribution < 1.29 is 13.3 Å². The normalized spacial score (nSPS) is 12.6. The lowest BCUT2D eigenvalue weighted by molar-refractivity contribution is 0.572. The Bertz CT molecular complexity index is 4100. The molecule has 0 saturated heterocycles. The van der Waals surface area contributed by atoms with Gasteiger partial charge < -0.3 is 23.1 Å². The van der Waals surface area contributed by atoms with Crippen LogP contribution in [0.4, 0.5) is 34.1 Å². The van der Waals surface area contributed by atoms with Gasteiger partial charge in [0.25, 0.3) is 0 Å². The summed E-state index contributed by atoms with van der Waals surface area (Å²) in [5.74, 6) is 0.774. The van der Waals surface area contributed by atoms with Crippen molar-refractivity contribution in [2.24, 2.45) is 0 Å². The molecule has 75 heavy (non-hydrogen) atoms. The van der Waals surface area contributed by atoms with Gasteiger partial charge in [-0.25, -0.2) is 0 Å². The minimum absolute atomic E-state index is 0.112. The summed E-state index contributed by atoms with van der Waals surface area (Å²) in [5.41, 5.74) is 15.9. The van der Waals surface area contributed by atoms with E-state index in [2.05, 4.69) is 261 Å². The van der Waals surface area contributed by atoms with Gasteiger partial charge in [0.15, 0.2) is 11.2 Å². The molecule has 0 saturated carbocycles. The maximum Gasteiger partial charge on any atom is 0.159 e. The molecule has 370 valence electrons. The van der Waals surface area contributed by atoms with E-state index in [4.69, 9.17) is 13.3 Å². The first-order valence-electron chi connectivity index (χ1n) is 26.6. The lowest BCUT2D eigenvalue weighted by Crippen LogP contribution is -2.11. The molecule has 0 fully saturated rings. The monoisotopic (exact) mass is 978 g/mol. The van der Waals surface area contributed by atoms with Gasteiger partial charge in [-0.05, 0) is 81.0 Å². The fraction of sp³-hybridized carbons (Fsp3) is 0.200. The molecule has 5 nitrogen and oxygen atoms in total. The van der Waals surface area contributed by atoms with Crippen LogP contribution in [0.5, 0.6) is 0 Å². The summed E-state index contributed by atoms with van der Waals surface area (Å²) in [6, 6.07) is 66.4. The molecule has 13 rings (SSSR count). The molecule has 0 aliphatic carbocycles. The Morgan fingerprint density at radius 1 is 0.320 bits per heavy atom. The summed E-state index contributed by atoms with van der Waals surface area (Å²) in [6.45, 7) is 22.5. The zero-order valence-corrected chi connectivity index (χ0v) is 44.6. The number of para-hydroxylation sites is 4. The van der Waals surface area contributed by atoms with Crippen molar-refractivity contribution in [3.8, 4) is 0 Å². The number of furan rings is 3. The van der Waals surface area contributed by atoms with Gasteiger partial charge in [0, 0.05) is 77.7 Å². The Labute approximate surface area is 438 Å². The van der Waals surface area contributed by atoms with Crippen LogP contribution in [0.25, 0.3) is 87.4 Å². The topological polar surface area (TPSA) is 45.9 Å². The van der Waals surface area contributed by atoms with Crippen LogP contribution in [-0.2, 0) is 10.8 Å². The van der Waals surface area contributed by atoms with E-state index in [0.717, 1.165) is 121 Å². The van der Waals surface area contributed by atoms with Gasteiger partial charge in [0.05, 0.1) is 22.7 Å². The standard InChI is InChI=1S/C70H62N2O3/c1-41(2)43-31-35-45(36-32-43)71(57-29-17-25-53-51-23-15-27-55(69(5,6)7)65(51)74-67(53)57)59-39-61-63(49-21-13-11-19-47(49)59)64-50-22-14-12-20-48(50)60(40-62(64)73-61)72(46-37-33-44(34-38-46)42(3)4)58-30-18-26-54-52-24-16-28-56(70(8,9)10)66(52)75-68(54)58/h11-42H,1-10H3. The second kappa shape index (κ2) is 17.1. The van der Waals surface area contributed by atoms with Crippen molar-refractivity contribution in [3.63, 3.8) is 0 Å². The number of hydrogen-bond donors (Lipinski definition) is 0. The van der Waals surface area contributed by atoms with Gasteiger partial charge in [-0.15, -0.1) is 0 Å². The van der Waals surface area contributed by atoms with Crippen LogP contribution in [0.3, 0.4) is 0 Å². The van der Waals surface area contributed by atoms with E-state index in [1.165, 1.54) is 22.3 Å². The zero-order chi connectivity index (χ0) is 51.7. The summed E-state index contributed by atoms with van der Waals surface area (Å²) in [5, 5.41) is 11.0. The molecule has 5 heteroatoms. The molecule has 0 N–H and O–H groups in total. The predicted octanol–water partition coefficient (Wildman–Crippen LogP) is 21.5. The van der Waals surface area contributed by atoms with Crippen LogP contribution < -0.4 is 9.80 Å². The van der Waals surface area contributed by atoms with Gasteiger partial charge in [0.2, 0.25) is 0 Å². The molecule has 0 atom stereocenters. The van der Waals surface area contributed by atoms with E-state index < -0.39 is 0 Å². The second-order valence-corrected chi connectivity index (χ2v) is 23.3. The van der Waals surface area contributed by atoms with Gasteiger partial charge in [-0.2, -0.15) is 0 Å². The summed E-state index contributed by atoms with van der Waals surface area (Å²) in [4.78, 5) is 4.76. The van der Waals surface area contributed by atoms with E-state index in [-0.39, 0.29) is 10.8 Å².